The minimum Gasteiger partial charge on any atom is -0.323 e. The van der Waals surface area contributed by atoms with E-state index in [4.69, 9.17) is 5.73 Å². The second-order valence-corrected chi connectivity index (χ2v) is 4.96. The van der Waals surface area contributed by atoms with E-state index in [-0.39, 0.29) is 5.54 Å². The summed E-state index contributed by atoms with van der Waals surface area (Å²) in [7, 11) is 0. The standard InChI is InChI=1S/C11H22N2/c1-2-7-11(12)8-13(9-11)10-5-3-4-6-10/h10H,2-9,12H2,1H3. The van der Waals surface area contributed by atoms with Crippen LogP contribution in [0, 0.1) is 0 Å². The maximum atomic E-state index is 6.23. The molecular formula is C11H22N2. The van der Waals surface area contributed by atoms with Gasteiger partial charge in [0.15, 0.2) is 0 Å². The third-order valence-electron chi connectivity index (χ3n) is 3.62. The predicted molar refractivity (Wildman–Crippen MR) is 55.7 cm³/mol. The van der Waals surface area contributed by atoms with Crippen molar-refractivity contribution in [2.24, 2.45) is 5.73 Å². The molecule has 1 saturated heterocycles. The Hall–Kier alpha value is -0.0800. The van der Waals surface area contributed by atoms with Crippen LogP contribution >= 0.6 is 0 Å². The van der Waals surface area contributed by atoms with Gasteiger partial charge >= 0.3 is 0 Å². The summed E-state index contributed by atoms with van der Waals surface area (Å²) in [6.45, 7) is 4.55. The lowest BCUT2D eigenvalue weighted by atomic mass is 9.85. The summed E-state index contributed by atoms with van der Waals surface area (Å²) in [5, 5.41) is 0. The first kappa shape index (κ1) is 9.47. The molecule has 2 heteroatoms. The average Bonchev–Trinajstić information content (AvgIpc) is 2.52. The molecule has 0 spiro atoms. The molecule has 13 heavy (non-hydrogen) atoms. The Morgan fingerprint density at radius 2 is 1.92 bits per heavy atom. The highest BCUT2D eigenvalue weighted by Gasteiger charge is 2.41. The van der Waals surface area contributed by atoms with Crippen molar-refractivity contribution in [2.45, 2.75) is 57.0 Å². The topological polar surface area (TPSA) is 29.3 Å². The highest BCUT2D eigenvalue weighted by molar-refractivity contribution is 5.02. The quantitative estimate of drug-likeness (QED) is 0.720. The third-order valence-corrected chi connectivity index (χ3v) is 3.62. The summed E-state index contributed by atoms with van der Waals surface area (Å²) >= 11 is 0. The van der Waals surface area contributed by atoms with Crippen LogP contribution in [0.15, 0.2) is 0 Å². The van der Waals surface area contributed by atoms with E-state index >= 15 is 0 Å². The maximum Gasteiger partial charge on any atom is 0.0412 e. The number of hydrogen-bond donors (Lipinski definition) is 1. The molecule has 0 bridgehead atoms. The summed E-state index contributed by atoms with van der Waals surface area (Å²) in [6.07, 6.45) is 8.15. The molecule has 1 aliphatic carbocycles. The Labute approximate surface area is 81.5 Å². The van der Waals surface area contributed by atoms with Gasteiger partial charge in [-0.3, -0.25) is 4.90 Å². The van der Waals surface area contributed by atoms with E-state index in [0.717, 1.165) is 19.1 Å². The van der Waals surface area contributed by atoms with Crippen LogP contribution in [-0.2, 0) is 0 Å². The van der Waals surface area contributed by atoms with E-state index in [1.165, 1.54) is 38.5 Å². The van der Waals surface area contributed by atoms with Gasteiger partial charge in [0.05, 0.1) is 0 Å². The minimum absolute atomic E-state index is 0.178. The zero-order chi connectivity index (χ0) is 9.31. The van der Waals surface area contributed by atoms with Gasteiger partial charge in [0.25, 0.3) is 0 Å². The first-order valence-electron chi connectivity index (χ1n) is 5.76. The van der Waals surface area contributed by atoms with Gasteiger partial charge in [-0.1, -0.05) is 26.2 Å². The first-order valence-corrected chi connectivity index (χ1v) is 5.76. The molecule has 0 unspecified atom stereocenters. The second-order valence-electron chi connectivity index (χ2n) is 4.96. The Morgan fingerprint density at radius 1 is 1.31 bits per heavy atom. The normalized spacial score (nSPS) is 29.1. The number of rotatable bonds is 3. The van der Waals surface area contributed by atoms with Crippen molar-refractivity contribution < 1.29 is 0 Å². The van der Waals surface area contributed by atoms with Crippen LogP contribution in [0.1, 0.15) is 45.4 Å². The van der Waals surface area contributed by atoms with Crippen LogP contribution in [-0.4, -0.2) is 29.6 Å². The third kappa shape index (κ3) is 1.89. The van der Waals surface area contributed by atoms with Crippen molar-refractivity contribution in [3.8, 4) is 0 Å². The van der Waals surface area contributed by atoms with Gasteiger partial charge in [-0.2, -0.15) is 0 Å². The zero-order valence-electron chi connectivity index (χ0n) is 8.76. The first-order chi connectivity index (χ1) is 6.23. The summed E-state index contributed by atoms with van der Waals surface area (Å²) < 4.78 is 0. The maximum absolute atomic E-state index is 6.23. The molecule has 0 radical (unpaired) electrons. The van der Waals surface area contributed by atoms with E-state index in [0.29, 0.717) is 0 Å². The molecule has 0 amide bonds. The molecule has 0 aromatic rings. The molecule has 1 heterocycles. The molecule has 2 fully saturated rings. The smallest absolute Gasteiger partial charge is 0.0412 e. The van der Waals surface area contributed by atoms with E-state index in [2.05, 4.69) is 11.8 Å². The molecule has 2 N–H and O–H groups in total. The highest BCUT2D eigenvalue weighted by Crippen LogP contribution is 2.32. The van der Waals surface area contributed by atoms with Crippen LogP contribution in [0.3, 0.4) is 0 Å². The molecule has 2 aliphatic rings. The second kappa shape index (κ2) is 3.58. The number of nitrogens with two attached hydrogens (primary N) is 1. The van der Waals surface area contributed by atoms with Crippen molar-refractivity contribution in [2.75, 3.05) is 13.1 Å². The molecule has 76 valence electrons. The SMILES string of the molecule is CCCC1(N)CN(C2CCCC2)C1. The Bertz CT molecular complexity index is 167. The van der Waals surface area contributed by atoms with E-state index in [9.17, 15) is 0 Å². The molecule has 0 aromatic carbocycles. The number of hydrogen-bond acceptors (Lipinski definition) is 2. The zero-order valence-corrected chi connectivity index (χ0v) is 8.76. The summed E-state index contributed by atoms with van der Waals surface area (Å²) in [5.41, 5.74) is 6.41. The van der Waals surface area contributed by atoms with Crippen molar-refractivity contribution in [1.82, 2.24) is 4.90 Å². The predicted octanol–water partition coefficient (Wildman–Crippen LogP) is 1.74. The van der Waals surface area contributed by atoms with Gasteiger partial charge in [0.2, 0.25) is 0 Å². The van der Waals surface area contributed by atoms with Crippen molar-refractivity contribution in [3.63, 3.8) is 0 Å². The lowest BCUT2D eigenvalue weighted by molar-refractivity contribution is 0.0260. The van der Waals surface area contributed by atoms with Gasteiger partial charge in [-0.05, 0) is 19.3 Å². The Morgan fingerprint density at radius 3 is 2.46 bits per heavy atom. The average molecular weight is 182 g/mol. The van der Waals surface area contributed by atoms with E-state index in [1.807, 2.05) is 0 Å². The monoisotopic (exact) mass is 182 g/mol. The number of nitrogens with zero attached hydrogens (tertiary/aromatic N) is 1. The van der Waals surface area contributed by atoms with Crippen molar-refractivity contribution >= 4 is 0 Å². The molecule has 2 rings (SSSR count). The molecule has 0 atom stereocenters. The fraction of sp³-hybridized carbons (Fsp3) is 1.00. The lowest BCUT2D eigenvalue weighted by Crippen LogP contribution is -2.69. The van der Waals surface area contributed by atoms with Gasteiger partial charge in [0.1, 0.15) is 0 Å². The van der Waals surface area contributed by atoms with Gasteiger partial charge < -0.3 is 5.73 Å². The summed E-state index contributed by atoms with van der Waals surface area (Å²) in [6, 6.07) is 0.883. The van der Waals surface area contributed by atoms with Gasteiger partial charge in [-0.15, -0.1) is 0 Å². The highest BCUT2D eigenvalue weighted by atomic mass is 15.3. The van der Waals surface area contributed by atoms with Crippen LogP contribution < -0.4 is 5.73 Å². The molecule has 0 aromatic heterocycles. The summed E-state index contributed by atoms with van der Waals surface area (Å²) in [4.78, 5) is 2.60. The van der Waals surface area contributed by atoms with Gasteiger partial charge in [0, 0.05) is 24.7 Å². The fourth-order valence-corrected chi connectivity index (χ4v) is 2.95. The van der Waals surface area contributed by atoms with Gasteiger partial charge in [-0.25, -0.2) is 0 Å². The van der Waals surface area contributed by atoms with Crippen LogP contribution in [0.2, 0.25) is 0 Å². The number of likely N-dealkylation sites (tertiary alicyclic amines) is 1. The largest absolute Gasteiger partial charge is 0.323 e. The van der Waals surface area contributed by atoms with Crippen LogP contribution in [0.25, 0.3) is 0 Å². The van der Waals surface area contributed by atoms with E-state index < -0.39 is 0 Å². The summed E-state index contributed by atoms with van der Waals surface area (Å²) in [5.74, 6) is 0. The fourth-order valence-electron chi connectivity index (χ4n) is 2.95. The van der Waals surface area contributed by atoms with Crippen molar-refractivity contribution in [3.05, 3.63) is 0 Å². The molecule has 1 saturated carbocycles. The Balaban J connectivity index is 1.76. The van der Waals surface area contributed by atoms with Crippen molar-refractivity contribution in [1.29, 1.82) is 0 Å². The molecular weight excluding hydrogens is 160 g/mol. The van der Waals surface area contributed by atoms with Crippen LogP contribution in [0.4, 0.5) is 0 Å². The lowest BCUT2D eigenvalue weighted by Gasteiger charge is -2.50. The minimum atomic E-state index is 0.178. The Kier molecular flexibility index (Phi) is 2.61. The van der Waals surface area contributed by atoms with E-state index in [1.54, 1.807) is 0 Å². The van der Waals surface area contributed by atoms with Crippen LogP contribution in [0.5, 0.6) is 0 Å². The molecule has 2 nitrogen and oxygen atoms in total. The molecule has 1 aliphatic heterocycles.